The molecule has 0 aliphatic carbocycles. The Labute approximate surface area is 135 Å². The van der Waals surface area contributed by atoms with Gasteiger partial charge in [0.2, 0.25) is 5.88 Å². The molecule has 2 rings (SSSR count). The van der Waals surface area contributed by atoms with Crippen LogP contribution < -0.4 is 4.74 Å². The van der Waals surface area contributed by atoms with Crippen molar-refractivity contribution >= 4 is 16.2 Å². The molecule has 1 fully saturated rings. The maximum absolute atomic E-state index is 11.2. The van der Waals surface area contributed by atoms with E-state index in [1.165, 1.54) is 4.90 Å². The van der Waals surface area contributed by atoms with Crippen LogP contribution in [0.2, 0.25) is 0 Å². The summed E-state index contributed by atoms with van der Waals surface area (Å²) < 4.78 is 32.2. The third kappa shape index (κ3) is 5.68. The second kappa shape index (κ2) is 7.60. The van der Waals surface area contributed by atoms with Gasteiger partial charge < -0.3 is 14.7 Å². The van der Waals surface area contributed by atoms with Crippen LogP contribution in [0.3, 0.4) is 0 Å². The lowest BCUT2D eigenvalue weighted by Gasteiger charge is -2.33. The van der Waals surface area contributed by atoms with Crippen molar-refractivity contribution in [2.75, 3.05) is 19.4 Å². The van der Waals surface area contributed by atoms with Crippen LogP contribution in [0.4, 0.5) is 4.79 Å². The first-order valence-corrected chi connectivity index (χ1v) is 9.09. The summed E-state index contributed by atoms with van der Waals surface area (Å²) in [7, 11) is -3.53. The predicted octanol–water partition coefficient (Wildman–Crippen LogP) is 1.47. The van der Waals surface area contributed by atoms with Gasteiger partial charge in [-0.05, 0) is 25.3 Å². The Morgan fingerprint density at radius 3 is 2.91 bits per heavy atom. The minimum Gasteiger partial charge on any atom is -0.475 e. The largest absolute Gasteiger partial charge is 0.475 e. The van der Waals surface area contributed by atoms with E-state index in [1.54, 1.807) is 18.2 Å². The fraction of sp³-hybridized carbons (Fsp3) is 0.571. The average molecular weight is 344 g/mol. The van der Waals surface area contributed by atoms with E-state index in [0.717, 1.165) is 25.5 Å². The highest BCUT2D eigenvalue weighted by Gasteiger charge is 2.26. The third-order valence-corrected chi connectivity index (χ3v) is 4.04. The quantitative estimate of drug-likeness (QED) is 0.779. The molecule has 9 heteroatoms. The molecule has 0 aromatic carbocycles. The summed E-state index contributed by atoms with van der Waals surface area (Å²) in [5, 5.41) is 9.18. The zero-order chi connectivity index (χ0) is 16.9. The van der Waals surface area contributed by atoms with Crippen molar-refractivity contribution in [3.05, 3.63) is 23.9 Å². The van der Waals surface area contributed by atoms with Gasteiger partial charge in [0, 0.05) is 12.6 Å². The lowest BCUT2D eigenvalue weighted by Crippen LogP contribution is -2.46. The number of hydrogen-bond acceptors (Lipinski definition) is 6. The van der Waals surface area contributed by atoms with E-state index in [2.05, 4.69) is 9.17 Å². The number of likely N-dealkylation sites (tertiary alicyclic amines) is 1. The lowest BCUT2D eigenvalue weighted by molar-refractivity contribution is 0.0825. The summed E-state index contributed by atoms with van der Waals surface area (Å²) in [4.78, 5) is 16.7. The zero-order valence-electron chi connectivity index (χ0n) is 12.8. The number of piperidine rings is 1. The fourth-order valence-electron chi connectivity index (χ4n) is 2.39. The van der Waals surface area contributed by atoms with E-state index < -0.39 is 16.2 Å². The van der Waals surface area contributed by atoms with Crippen LogP contribution in [0.25, 0.3) is 0 Å². The van der Waals surface area contributed by atoms with Crippen LogP contribution in [0, 0.1) is 0 Å². The summed E-state index contributed by atoms with van der Waals surface area (Å²) in [6.45, 7) is 0.565. The Morgan fingerprint density at radius 2 is 2.22 bits per heavy atom. The monoisotopic (exact) mass is 344 g/mol. The maximum Gasteiger partial charge on any atom is 0.407 e. The molecule has 0 spiro atoms. The van der Waals surface area contributed by atoms with Crippen molar-refractivity contribution in [1.29, 1.82) is 0 Å². The molecule has 0 unspecified atom stereocenters. The zero-order valence-corrected chi connectivity index (χ0v) is 13.7. The summed E-state index contributed by atoms with van der Waals surface area (Å²) in [6.07, 6.45) is 2.61. The van der Waals surface area contributed by atoms with E-state index in [9.17, 15) is 18.3 Å². The predicted molar refractivity (Wildman–Crippen MR) is 81.7 cm³/mol. The van der Waals surface area contributed by atoms with Gasteiger partial charge in [0.25, 0.3) is 10.1 Å². The maximum atomic E-state index is 11.2. The van der Waals surface area contributed by atoms with Gasteiger partial charge in [0.15, 0.2) is 0 Å². The number of pyridine rings is 1. The Hall–Kier alpha value is -1.87. The molecule has 128 valence electrons. The highest BCUT2D eigenvalue weighted by atomic mass is 32.2. The molecule has 1 amide bonds. The topological polar surface area (TPSA) is 106 Å². The third-order valence-electron chi connectivity index (χ3n) is 3.50. The van der Waals surface area contributed by atoms with Crippen LogP contribution in [-0.2, 0) is 20.9 Å². The molecule has 1 aliphatic rings. The molecule has 8 nitrogen and oxygen atoms in total. The van der Waals surface area contributed by atoms with Gasteiger partial charge >= 0.3 is 6.09 Å². The Bertz CT molecular complexity index is 648. The van der Waals surface area contributed by atoms with E-state index in [1.807, 2.05) is 0 Å². The summed E-state index contributed by atoms with van der Waals surface area (Å²) >= 11 is 0. The molecular weight excluding hydrogens is 324 g/mol. The Morgan fingerprint density at radius 1 is 1.43 bits per heavy atom. The van der Waals surface area contributed by atoms with Crippen molar-refractivity contribution in [1.82, 2.24) is 9.88 Å². The molecular formula is C14H20N2O6S. The molecule has 23 heavy (non-hydrogen) atoms. The van der Waals surface area contributed by atoms with Crippen molar-refractivity contribution in [3.8, 4) is 5.88 Å². The molecule has 0 radical (unpaired) electrons. The minimum atomic E-state index is -3.53. The van der Waals surface area contributed by atoms with Crippen molar-refractivity contribution in [2.24, 2.45) is 0 Å². The van der Waals surface area contributed by atoms with Gasteiger partial charge in [0.05, 0.1) is 18.0 Å². The van der Waals surface area contributed by atoms with E-state index in [0.29, 0.717) is 18.1 Å². The molecule has 2 heterocycles. The Kier molecular flexibility index (Phi) is 5.78. The minimum absolute atomic E-state index is 0.166. The molecule has 1 aromatic heterocycles. The average Bonchev–Trinajstić information content (AvgIpc) is 2.51. The normalized spacial score (nSPS) is 18.7. The van der Waals surface area contributed by atoms with Crippen LogP contribution in [0.15, 0.2) is 18.2 Å². The van der Waals surface area contributed by atoms with Crippen molar-refractivity contribution in [3.63, 3.8) is 0 Å². The smallest absolute Gasteiger partial charge is 0.407 e. The molecule has 1 aromatic rings. The van der Waals surface area contributed by atoms with Crippen LogP contribution in [0.1, 0.15) is 25.0 Å². The molecule has 0 saturated carbocycles. The molecule has 1 aliphatic heterocycles. The highest BCUT2D eigenvalue weighted by molar-refractivity contribution is 7.85. The number of aromatic nitrogens is 1. The number of ether oxygens (including phenoxy) is 1. The van der Waals surface area contributed by atoms with Gasteiger partial charge in [-0.1, -0.05) is 6.07 Å². The summed E-state index contributed by atoms with van der Waals surface area (Å²) in [6, 6.07) is 4.75. The van der Waals surface area contributed by atoms with Gasteiger partial charge in [0.1, 0.15) is 13.2 Å². The second-order valence-electron chi connectivity index (χ2n) is 5.37. The van der Waals surface area contributed by atoms with Gasteiger partial charge in [-0.25, -0.2) is 9.78 Å². The van der Waals surface area contributed by atoms with Crippen LogP contribution in [-0.4, -0.2) is 55.0 Å². The Balaban J connectivity index is 1.93. The molecule has 1 atom stereocenters. The molecule has 1 saturated heterocycles. The van der Waals surface area contributed by atoms with Crippen LogP contribution in [0.5, 0.6) is 5.88 Å². The second-order valence-corrected chi connectivity index (χ2v) is 7.01. The summed E-state index contributed by atoms with van der Waals surface area (Å²) in [5.74, 6) is 0.315. The number of nitrogens with zero attached hydrogens (tertiary/aromatic N) is 2. The lowest BCUT2D eigenvalue weighted by atomic mass is 10.0. The van der Waals surface area contributed by atoms with Crippen LogP contribution >= 0.6 is 0 Å². The number of carboxylic acid groups (broad SMARTS) is 1. The van der Waals surface area contributed by atoms with Gasteiger partial charge in [-0.3, -0.25) is 4.18 Å². The van der Waals surface area contributed by atoms with E-state index >= 15 is 0 Å². The van der Waals surface area contributed by atoms with E-state index in [4.69, 9.17) is 4.74 Å². The number of amides is 1. The SMILES string of the molecule is CS(=O)(=O)OCc1cccc(OC[C@@H]2CCCCN2C(=O)O)n1. The first-order valence-electron chi connectivity index (χ1n) is 7.28. The number of hydrogen-bond donors (Lipinski definition) is 1. The van der Waals surface area contributed by atoms with Gasteiger partial charge in [-0.2, -0.15) is 8.42 Å². The highest BCUT2D eigenvalue weighted by Crippen LogP contribution is 2.18. The molecule has 1 N–H and O–H groups in total. The number of rotatable bonds is 6. The number of carbonyl (C=O) groups is 1. The fourth-order valence-corrected chi connectivity index (χ4v) is 2.73. The first kappa shape index (κ1) is 17.5. The van der Waals surface area contributed by atoms with Crippen molar-refractivity contribution in [2.45, 2.75) is 31.9 Å². The van der Waals surface area contributed by atoms with Crippen molar-refractivity contribution < 1.29 is 27.2 Å². The standard InChI is InChI=1S/C14H20N2O6S/c1-23(19,20)22-9-11-5-4-7-13(15-11)21-10-12-6-2-3-8-16(12)14(17)18/h4-5,7,12H,2-3,6,8-10H2,1H3,(H,17,18)/t12-/m0/s1. The molecule has 0 bridgehead atoms. The summed E-state index contributed by atoms with van der Waals surface area (Å²) in [5.41, 5.74) is 0.423. The van der Waals surface area contributed by atoms with E-state index in [-0.39, 0.29) is 19.3 Å². The first-order chi connectivity index (χ1) is 10.8. The van der Waals surface area contributed by atoms with Gasteiger partial charge in [-0.15, -0.1) is 0 Å².